The summed E-state index contributed by atoms with van der Waals surface area (Å²) < 4.78 is 30.2. The minimum absolute atomic E-state index is 0.0428. The van der Waals surface area contributed by atoms with Crippen LogP contribution in [0.3, 0.4) is 0 Å². The summed E-state index contributed by atoms with van der Waals surface area (Å²) in [6, 6.07) is 7.08. The molecule has 0 atom stereocenters. The Morgan fingerprint density at radius 1 is 1.30 bits per heavy atom. The van der Waals surface area contributed by atoms with E-state index in [9.17, 15) is 13.2 Å². The second-order valence-corrected chi connectivity index (χ2v) is 7.85. The van der Waals surface area contributed by atoms with Crippen molar-refractivity contribution in [3.05, 3.63) is 46.5 Å². The SMILES string of the molecule is CNS(=O)(=O)CCNC(=O)N(Cc1ccco1)Cc1cccs1. The van der Waals surface area contributed by atoms with Gasteiger partial charge in [-0.3, -0.25) is 0 Å². The number of rotatable bonds is 8. The largest absolute Gasteiger partial charge is 0.467 e. The number of carbonyl (C=O) groups is 1. The van der Waals surface area contributed by atoms with Crippen LogP contribution in [0.5, 0.6) is 0 Å². The van der Waals surface area contributed by atoms with E-state index in [4.69, 9.17) is 4.42 Å². The molecule has 2 aromatic rings. The number of nitrogens with one attached hydrogen (secondary N) is 2. The number of sulfonamides is 1. The number of amides is 2. The highest BCUT2D eigenvalue weighted by Crippen LogP contribution is 2.14. The molecule has 0 aliphatic rings. The molecule has 0 bridgehead atoms. The summed E-state index contributed by atoms with van der Waals surface area (Å²) >= 11 is 1.55. The Morgan fingerprint density at radius 3 is 2.74 bits per heavy atom. The predicted octanol–water partition coefficient (Wildman–Crippen LogP) is 1.60. The molecule has 2 heterocycles. The van der Waals surface area contributed by atoms with Crippen LogP contribution in [0.15, 0.2) is 40.3 Å². The van der Waals surface area contributed by atoms with E-state index in [2.05, 4.69) is 10.0 Å². The maximum absolute atomic E-state index is 12.3. The van der Waals surface area contributed by atoms with Gasteiger partial charge in [0.05, 0.1) is 25.1 Å². The highest BCUT2D eigenvalue weighted by atomic mass is 32.2. The Labute approximate surface area is 139 Å². The van der Waals surface area contributed by atoms with E-state index in [1.165, 1.54) is 7.05 Å². The van der Waals surface area contributed by atoms with Crippen molar-refractivity contribution in [2.75, 3.05) is 19.3 Å². The minimum Gasteiger partial charge on any atom is -0.467 e. The van der Waals surface area contributed by atoms with Gasteiger partial charge in [0.2, 0.25) is 10.0 Å². The van der Waals surface area contributed by atoms with Gasteiger partial charge in [0.15, 0.2) is 0 Å². The molecule has 0 fully saturated rings. The molecule has 2 N–H and O–H groups in total. The Hall–Kier alpha value is -1.84. The van der Waals surface area contributed by atoms with Crippen LogP contribution in [0.4, 0.5) is 4.79 Å². The van der Waals surface area contributed by atoms with E-state index in [0.29, 0.717) is 18.8 Å². The highest BCUT2D eigenvalue weighted by Gasteiger charge is 2.17. The molecule has 0 aromatic carbocycles. The molecule has 0 saturated carbocycles. The average molecular weight is 357 g/mol. The van der Waals surface area contributed by atoms with Gasteiger partial charge in [0.25, 0.3) is 0 Å². The Morgan fingerprint density at radius 2 is 2.13 bits per heavy atom. The van der Waals surface area contributed by atoms with E-state index < -0.39 is 10.0 Å². The van der Waals surface area contributed by atoms with Crippen LogP contribution in [0, 0.1) is 0 Å². The summed E-state index contributed by atoms with van der Waals surface area (Å²) in [6.07, 6.45) is 1.55. The third kappa shape index (κ3) is 5.70. The third-order valence-electron chi connectivity index (χ3n) is 3.10. The lowest BCUT2D eigenvalue weighted by Crippen LogP contribution is -2.41. The van der Waals surface area contributed by atoms with Crippen molar-refractivity contribution in [2.45, 2.75) is 13.1 Å². The number of hydrogen-bond acceptors (Lipinski definition) is 5. The van der Waals surface area contributed by atoms with E-state index >= 15 is 0 Å². The lowest BCUT2D eigenvalue weighted by atomic mass is 10.3. The summed E-state index contributed by atoms with van der Waals surface area (Å²) in [5.74, 6) is 0.502. The molecule has 2 aromatic heterocycles. The van der Waals surface area contributed by atoms with E-state index in [1.807, 2.05) is 17.5 Å². The van der Waals surface area contributed by atoms with Gasteiger partial charge >= 0.3 is 6.03 Å². The topological polar surface area (TPSA) is 91.7 Å². The lowest BCUT2D eigenvalue weighted by Gasteiger charge is -2.21. The summed E-state index contributed by atoms with van der Waals surface area (Å²) in [7, 11) is -2.00. The van der Waals surface area contributed by atoms with Gasteiger partial charge in [-0.15, -0.1) is 11.3 Å². The molecule has 0 spiro atoms. The van der Waals surface area contributed by atoms with Gasteiger partial charge in [-0.1, -0.05) is 6.07 Å². The highest BCUT2D eigenvalue weighted by molar-refractivity contribution is 7.89. The number of hydrogen-bond donors (Lipinski definition) is 2. The predicted molar refractivity (Wildman–Crippen MR) is 88.5 cm³/mol. The first kappa shape index (κ1) is 17.5. The number of furan rings is 1. The maximum atomic E-state index is 12.3. The molecule has 23 heavy (non-hydrogen) atoms. The van der Waals surface area contributed by atoms with Crippen LogP contribution < -0.4 is 10.0 Å². The minimum atomic E-state index is -3.34. The van der Waals surface area contributed by atoms with Crippen molar-refractivity contribution in [1.29, 1.82) is 0 Å². The zero-order chi connectivity index (χ0) is 16.7. The fourth-order valence-electron chi connectivity index (χ4n) is 1.89. The standard InChI is InChI=1S/C14H19N3O4S2/c1-15-23(19,20)9-6-16-14(18)17(10-12-4-2-7-21-12)11-13-5-3-8-22-13/h2-5,7-8,15H,6,9-11H2,1H3,(H,16,18). The van der Waals surface area contributed by atoms with Crippen molar-refractivity contribution in [3.63, 3.8) is 0 Å². The fraction of sp³-hybridized carbons (Fsp3) is 0.357. The summed E-state index contributed by atoms with van der Waals surface area (Å²) in [6.45, 7) is 0.791. The summed E-state index contributed by atoms with van der Waals surface area (Å²) in [5.41, 5.74) is 0. The molecule has 2 rings (SSSR count). The van der Waals surface area contributed by atoms with Crippen LogP contribution in [-0.2, 0) is 23.1 Å². The number of nitrogens with zero attached hydrogens (tertiary/aromatic N) is 1. The van der Waals surface area contributed by atoms with E-state index in [-0.39, 0.29) is 18.3 Å². The summed E-state index contributed by atoms with van der Waals surface area (Å²) in [5, 5.41) is 4.57. The molecule has 7 nitrogen and oxygen atoms in total. The molecule has 0 aliphatic carbocycles. The van der Waals surface area contributed by atoms with Gasteiger partial charge in [0.1, 0.15) is 5.76 Å². The Balaban J connectivity index is 1.96. The molecular formula is C14H19N3O4S2. The first-order valence-electron chi connectivity index (χ1n) is 6.99. The van der Waals surface area contributed by atoms with Gasteiger partial charge in [0, 0.05) is 11.4 Å². The second-order valence-electron chi connectivity index (χ2n) is 4.77. The van der Waals surface area contributed by atoms with E-state index in [1.54, 1.807) is 34.6 Å². The Kier molecular flexibility index (Phi) is 6.20. The Bertz CT molecular complexity index is 660. The molecule has 126 valence electrons. The monoisotopic (exact) mass is 357 g/mol. The quantitative estimate of drug-likeness (QED) is 0.751. The summed E-state index contributed by atoms with van der Waals surface area (Å²) in [4.78, 5) is 14.9. The van der Waals surface area contributed by atoms with Crippen LogP contribution >= 0.6 is 11.3 Å². The van der Waals surface area contributed by atoms with Crippen molar-refractivity contribution in [2.24, 2.45) is 0 Å². The lowest BCUT2D eigenvalue weighted by molar-refractivity contribution is 0.188. The van der Waals surface area contributed by atoms with Crippen molar-refractivity contribution < 1.29 is 17.6 Å². The van der Waals surface area contributed by atoms with Crippen LogP contribution in [0.2, 0.25) is 0 Å². The van der Waals surface area contributed by atoms with E-state index in [0.717, 1.165) is 4.88 Å². The van der Waals surface area contributed by atoms with Crippen molar-refractivity contribution in [1.82, 2.24) is 14.9 Å². The third-order valence-corrected chi connectivity index (χ3v) is 5.32. The number of carbonyl (C=O) groups excluding carboxylic acids is 1. The molecule has 0 aliphatic heterocycles. The smallest absolute Gasteiger partial charge is 0.318 e. The second kappa shape index (κ2) is 8.14. The first-order chi connectivity index (χ1) is 11.0. The van der Waals surface area contributed by atoms with Crippen LogP contribution in [0.1, 0.15) is 10.6 Å². The molecule has 0 saturated heterocycles. The van der Waals surface area contributed by atoms with Crippen LogP contribution in [-0.4, -0.2) is 38.7 Å². The van der Waals surface area contributed by atoms with Crippen LogP contribution in [0.25, 0.3) is 0 Å². The zero-order valence-corrected chi connectivity index (χ0v) is 14.3. The molecule has 9 heteroatoms. The molecule has 0 unspecified atom stereocenters. The fourth-order valence-corrected chi connectivity index (χ4v) is 3.18. The molecule has 0 radical (unpaired) electrons. The molecule has 2 amide bonds. The van der Waals surface area contributed by atoms with Crippen molar-refractivity contribution in [3.8, 4) is 0 Å². The zero-order valence-electron chi connectivity index (χ0n) is 12.7. The molecular weight excluding hydrogens is 338 g/mol. The number of urea groups is 1. The normalized spacial score (nSPS) is 11.3. The van der Waals surface area contributed by atoms with Gasteiger partial charge in [-0.05, 0) is 30.6 Å². The average Bonchev–Trinajstić information content (AvgIpc) is 3.20. The van der Waals surface area contributed by atoms with Gasteiger partial charge < -0.3 is 14.6 Å². The number of thiophene rings is 1. The maximum Gasteiger partial charge on any atom is 0.318 e. The van der Waals surface area contributed by atoms with Crippen molar-refractivity contribution >= 4 is 27.4 Å². The first-order valence-corrected chi connectivity index (χ1v) is 9.52. The van der Waals surface area contributed by atoms with Gasteiger partial charge in [-0.2, -0.15) is 0 Å². The van der Waals surface area contributed by atoms with Gasteiger partial charge in [-0.25, -0.2) is 17.9 Å².